The zero-order valence-corrected chi connectivity index (χ0v) is 25.4. The molecule has 3 aromatic rings. The first kappa shape index (κ1) is 34.0. The van der Waals surface area contributed by atoms with Crippen LogP contribution in [-0.2, 0) is 22.4 Å². The zero-order chi connectivity index (χ0) is 32.1. The average Bonchev–Trinajstić information content (AvgIpc) is 2.98. The van der Waals surface area contributed by atoms with Gasteiger partial charge in [-0.3, -0.25) is 14.4 Å². The minimum absolute atomic E-state index is 0.0134. The number of Topliss-reactive ketones (excluding diaryl/α,β-unsaturated/α-hetero) is 1. The Morgan fingerprint density at radius 1 is 0.705 bits per heavy atom. The molecule has 0 unspecified atom stereocenters. The van der Waals surface area contributed by atoms with Crippen molar-refractivity contribution in [1.82, 2.24) is 0 Å². The quantitative estimate of drug-likeness (QED) is 0.0639. The van der Waals surface area contributed by atoms with Gasteiger partial charge in [0, 0.05) is 24.3 Å². The van der Waals surface area contributed by atoms with Crippen LogP contribution >= 0.6 is 0 Å². The summed E-state index contributed by atoms with van der Waals surface area (Å²) in [5.41, 5.74) is 3.78. The van der Waals surface area contributed by atoms with Gasteiger partial charge in [0.2, 0.25) is 0 Å². The highest BCUT2D eigenvalue weighted by Crippen LogP contribution is 2.33. The third-order valence-corrected chi connectivity index (χ3v) is 7.24. The van der Waals surface area contributed by atoms with Crippen molar-refractivity contribution < 1.29 is 44.3 Å². The number of unbranched alkanes of at least 4 members (excludes halogenated alkanes) is 3. The summed E-state index contributed by atoms with van der Waals surface area (Å²) in [6, 6.07) is 15.5. The minimum Gasteiger partial charge on any atom is -0.504 e. The van der Waals surface area contributed by atoms with Gasteiger partial charge >= 0.3 is 11.9 Å². The molecule has 0 spiro atoms. The van der Waals surface area contributed by atoms with Gasteiger partial charge in [-0.25, -0.2) is 0 Å². The molecule has 44 heavy (non-hydrogen) atoms. The fourth-order valence-electron chi connectivity index (χ4n) is 4.89. The zero-order valence-electron chi connectivity index (χ0n) is 25.4. The normalized spacial score (nSPS) is 11.0. The van der Waals surface area contributed by atoms with Crippen LogP contribution in [0.5, 0.6) is 23.0 Å². The van der Waals surface area contributed by atoms with E-state index in [0.717, 1.165) is 43.2 Å². The van der Waals surface area contributed by atoms with Crippen molar-refractivity contribution in [2.75, 3.05) is 13.2 Å². The molecule has 9 heteroatoms. The number of benzene rings is 3. The highest BCUT2D eigenvalue weighted by molar-refractivity contribution is 5.99. The Labute approximate surface area is 258 Å². The molecule has 3 rings (SSSR count). The summed E-state index contributed by atoms with van der Waals surface area (Å²) in [7, 11) is 0. The highest BCUT2D eigenvalue weighted by Gasteiger charge is 2.15. The van der Waals surface area contributed by atoms with Crippen molar-refractivity contribution in [1.29, 1.82) is 0 Å². The maximum atomic E-state index is 12.8. The second kappa shape index (κ2) is 16.9. The van der Waals surface area contributed by atoms with Crippen molar-refractivity contribution >= 4 is 17.7 Å². The summed E-state index contributed by atoms with van der Waals surface area (Å²) in [6.07, 6.45) is 5.04. The molecule has 0 aliphatic heterocycles. The van der Waals surface area contributed by atoms with Crippen LogP contribution in [-0.4, -0.2) is 51.4 Å². The maximum Gasteiger partial charge on any atom is 0.303 e. The third-order valence-electron chi connectivity index (χ3n) is 7.24. The molecule has 0 bridgehead atoms. The van der Waals surface area contributed by atoms with E-state index < -0.39 is 11.9 Å². The molecule has 236 valence electrons. The molecule has 0 aromatic heterocycles. The standard InChI is InChI=1S/C35H42O9/c1-23(2)35(42)27-19-26(25-13-15-30(36)31(37)22-25)20-28(21-27)43-17-6-4-3-5-9-24-10-7-11-32(29(24)14-16-34(40)41)44-18-8-12-33(38)39/h7,10-11,13,15,19-23,36-37H,3-6,8-9,12,14,16-18H2,1-2H3,(H,38,39)(H,40,41). The molecular weight excluding hydrogens is 564 g/mol. The Bertz CT molecular complexity index is 1430. The lowest BCUT2D eigenvalue weighted by molar-refractivity contribution is -0.138. The van der Waals surface area contributed by atoms with E-state index >= 15 is 0 Å². The lowest BCUT2D eigenvalue weighted by Gasteiger charge is -2.15. The topological polar surface area (TPSA) is 151 Å². The first-order valence-electron chi connectivity index (χ1n) is 15.1. The number of phenolic OH excluding ortho intramolecular Hbond substituents is 2. The monoisotopic (exact) mass is 606 g/mol. The lowest BCUT2D eigenvalue weighted by Crippen LogP contribution is -2.08. The van der Waals surface area contributed by atoms with Crippen LogP contribution in [0.2, 0.25) is 0 Å². The summed E-state index contributed by atoms with van der Waals surface area (Å²) in [5, 5.41) is 37.7. The highest BCUT2D eigenvalue weighted by atomic mass is 16.5. The van der Waals surface area contributed by atoms with Gasteiger partial charge in [0.15, 0.2) is 17.3 Å². The first-order valence-corrected chi connectivity index (χ1v) is 15.1. The number of rotatable bonds is 19. The van der Waals surface area contributed by atoms with Crippen LogP contribution in [0.15, 0.2) is 54.6 Å². The molecule has 0 amide bonds. The summed E-state index contributed by atoms with van der Waals surface area (Å²) < 4.78 is 11.9. The van der Waals surface area contributed by atoms with Crippen molar-refractivity contribution in [3.05, 3.63) is 71.3 Å². The van der Waals surface area contributed by atoms with Gasteiger partial charge in [-0.1, -0.05) is 44.9 Å². The van der Waals surface area contributed by atoms with Gasteiger partial charge in [0.05, 0.1) is 13.2 Å². The Kier molecular flexibility index (Phi) is 13.1. The number of phenols is 2. The van der Waals surface area contributed by atoms with E-state index in [4.69, 9.17) is 14.6 Å². The van der Waals surface area contributed by atoms with Gasteiger partial charge in [0.1, 0.15) is 11.5 Å². The molecule has 0 aliphatic rings. The molecule has 0 aliphatic carbocycles. The molecule has 0 fully saturated rings. The number of hydrogen-bond acceptors (Lipinski definition) is 7. The Morgan fingerprint density at radius 3 is 2.14 bits per heavy atom. The number of aromatic hydroxyl groups is 2. The summed E-state index contributed by atoms with van der Waals surface area (Å²) in [6.45, 7) is 4.39. The van der Waals surface area contributed by atoms with Crippen LogP contribution in [0.25, 0.3) is 11.1 Å². The van der Waals surface area contributed by atoms with Gasteiger partial charge in [-0.05, 0) is 90.8 Å². The second-order valence-corrected chi connectivity index (χ2v) is 11.1. The third kappa shape index (κ3) is 10.6. The first-order chi connectivity index (χ1) is 21.0. The fourth-order valence-corrected chi connectivity index (χ4v) is 4.89. The number of aliphatic carboxylic acids is 2. The molecule has 4 N–H and O–H groups in total. The number of aryl methyl sites for hydroxylation is 1. The molecular formula is C35H42O9. The van der Waals surface area contributed by atoms with Crippen molar-refractivity contribution in [2.24, 2.45) is 5.92 Å². The van der Waals surface area contributed by atoms with Crippen LogP contribution in [0.4, 0.5) is 0 Å². The number of carbonyl (C=O) groups is 3. The number of ether oxygens (including phenoxy) is 2. The van der Waals surface area contributed by atoms with Gasteiger partial charge in [-0.2, -0.15) is 0 Å². The Balaban J connectivity index is 1.56. The average molecular weight is 607 g/mol. The summed E-state index contributed by atoms with van der Waals surface area (Å²) >= 11 is 0. The minimum atomic E-state index is -0.885. The summed E-state index contributed by atoms with van der Waals surface area (Å²) in [4.78, 5) is 34.8. The van der Waals surface area contributed by atoms with E-state index in [1.807, 2.05) is 32.0 Å². The van der Waals surface area contributed by atoms with E-state index in [-0.39, 0.29) is 42.6 Å². The number of hydrogen-bond donors (Lipinski definition) is 4. The number of carboxylic acids is 2. The molecule has 3 aromatic carbocycles. The second-order valence-electron chi connectivity index (χ2n) is 11.1. The van der Waals surface area contributed by atoms with E-state index in [1.165, 1.54) is 12.1 Å². The lowest BCUT2D eigenvalue weighted by atomic mass is 9.96. The largest absolute Gasteiger partial charge is 0.504 e. The molecule has 0 heterocycles. The van der Waals surface area contributed by atoms with Crippen molar-refractivity contribution in [3.63, 3.8) is 0 Å². The van der Waals surface area contributed by atoms with Crippen LogP contribution < -0.4 is 9.47 Å². The predicted octanol–water partition coefficient (Wildman–Crippen LogP) is 7.05. The van der Waals surface area contributed by atoms with E-state index in [1.54, 1.807) is 24.3 Å². The smallest absolute Gasteiger partial charge is 0.303 e. The van der Waals surface area contributed by atoms with Crippen molar-refractivity contribution in [2.45, 2.75) is 71.6 Å². The van der Waals surface area contributed by atoms with Gasteiger partial charge in [0.25, 0.3) is 0 Å². The van der Waals surface area contributed by atoms with Crippen LogP contribution in [0, 0.1) is 5.92 Å². The Hall–Kier alpha value is -4.53. The number of carbonyl (C=O) groups excluding carboxylic acids is 1. The van der Waals surface area contributed by atoms with E-state index in [2.05, 4.69) is 0 Å². The summed E-state index contributed by atoms with van der Waals surface area (Å²) in [5.74, 6) is -1.26. The molecule has 9 nitrogen and oxygen atoms in total. The van der Waals surface area contributed by atoms with E-state index in [0.29, 0.717) is 47.6 Å². The molecule has 0 atom stereocenters. The number of carboxylic acid groups (broad SMARTS) is 2. The molecule has 0 saturated heterocycles. The predicted molar refractivity (Wildman–Crippen MR) is 167 cm³/mol. The van der Waals surface area contributed by atoms with Gasteiger partial charge in [-0.15, -0.1) is 0 Å². The Morgan fingerprint density at radius 2 is 1.43 bits per heavy atom. The van der Waals surface area contributed by atoms with Crippen LogP contribution in [0.3, 0.4) is 0 Å². The van der Waals surface area contributed by atoms with Crippen LogP contribution in [0.1, 0.15) is 80.3 Å². The van der Waals surface area contributed by atoms with Crippen molar-refractivity contribution in [3.8, 4) is 34.1 Å². The molecule has 0 saturated carbocycles. The van der Waals surface area contributed by atoms with Gasteiger partial charge < -0.3 is 29.9 Å². The molecule has 0 radical (unpaired) electrons. The fraction of sp³-hybridized carbons (Fsp3) is 0.400. The number of ketones is 1. The van der Waals surface area contributed by atoms with E-state index in [9.17, 15) is 29.7 Å². The SMILES string of the molecule is CC(C)C(=O)c1cc(OCCCCCCc2cccc(OCCCC(=O)O)c2CCC(=O)O)cc(-c2ccc(O)c(O)c2)c1. The maximum absolute atomic E-state index is 12.8.